The van der Waals surface area contributed by atoms with Gasteiger partial charge in [-0.1, -0.05) is 0 Å². The van der Waals surface area contributed by atoms with Crippen molar-refractivity contribution in [3.63, 3.8) is 0 Å². The summed E-state index contributed by atoms with van der Waals surface area (Å²) in [5, 5.41) is 4.91. The maximum absolute atomic E-state index is 13.5. The maximum Gasteiger partial charge on any atom is 0.220 e. The van der Waals surface area contributed by atoms with Gasteiger partial charge in [-0.05, 0) is 63.3 Å². The summed E-state index contributed by atoms with van der Waals surface area (Å²) >= 11 is 0. The van der Waals surface area contributed by atoms with Crippen LogP contribution in [-0.4, -0.2) is 62.3 Å². The molecule has 2 aromatic heterocycles. The molecule has 3 aromatic rings. The molecule has 1 aromatic carbocycles. The molecule has 8 heteroatoms. The molecule has 0 spiro atoms. The van der Waals surface area contributed by atoms with Gasteiger partial charge in [-0.15, -0.1) is 0 Å². The third kappa shape index (κ3) is 3.57. The lowest BCUT2D eigenvalue weighted by atomic mass is 9.99. The van der Waals surface area contributed by atoms with Crippen LogP contribution in [0.1, 0.15) is 18.5 Å². The summed E-state index contributed by atoms with van der Waals surface area (Å²) in [6.07, 6.45) is 4.05. The van der Waals surface area contributed by atoms with Crippen LogP contribution in [0.3, 0.4) is 0 Å². The van der Waals surface area contributed by atoms with E-state index in [1.54, 1.807) is 18.3 Å². The quantitative estimate of drug-likeness (QED) is 0.719. The molecule has 30 heavy (non-hydrogen) atoms. The van der Waals surface area contributed by atoms with Crippen molar-refractivity contribution in [2.24, 2.45) is 0 Å². The second-order valence-electron chi connectivity index (χ2n) is 8.21. The molecule has 2 aliphatic rings. The molecule has 0 saturated carbocycles. The topological polar surface area (TPSA) is 76.1 Å². The van der Waals surface area contributed by atoms with Gasteiger partial charge in [-0.3, -0.25) is 9.58 Å². The van der Waals surface area contributed by atoms with E-state index in [0.717, 1.165) is 60.9 Å². The number of piperidine rings is 1. The Morgan fingerprint density at radius 3 is 2.53 bits per heavy atom. The normalized spacial score (nSPS) is 18.5. The molecular formula is C22H26FN7. The Balaban J connectivity index is 1.57. The Morgan fingerprint density at radius 1 is 1.03 bits per heavy atom. The van der Waals surface area contributed by atoms with Crippen LogP contribution in [0, 0.1) is 5.82 Å². The number of benzene rings is 1. The molecule has 0 unspecified atom stereocenters. The zero-order valence-electron chi connectivity index (χ0n) is 17.1. The summed E-state index contributed by atoms with van der Waals surface area (Å²) in [6, 6.07) is 8.93. The highest BCUT2D eigenvalue weighted by atomic mass is 19.1. The highest BCUT2D eigenvalue weighted by molar-refractivity contribution is 5.81. The van der Waals surface area contributed by atoms with Gasteiger partial charge in [-0.2, -0.15) is 5.10 Å². The fourth-order valence-corrected chi connectivity index (χ4v) is 4.60. The molecule has 1 saturated heterocycles. The highest BCUT2D eigenvalue weighted by Crippen LogP contribution is 2.36. The zero-order chi connectivity index (χ0) is 20.7. The summed E-state index contributed by atoms with van der Waals surface area (Å²) in [5.41, 5.74) is 10.4. The number of aromatic nitrogens is 4. The first kappa shape index (κ1) is 19.1. The number of nitrogens with two attached hydrogens (primary N) is 1. The first-order chi connectivity index (χ1) is 14.6. The van der Waals surface area contributed by atoms with Crippen LogP contribution >= 0.6 is 0 Å². The van der Waals surface area contributed by atoms with E-state index in [1.165, 1.54) is 25.0 Å². The van der Waals surface area contributed by atoms with Crippen molar-refractivity contribution < 1.29 is 4.39 Å². The number of likely N-dealkylation sites (tertiary alicyclic amines) is 1. The third-order valence-corrected chi connectivity index (χ3v) is 6.26. The molecule has 7 nitrogen and oxygen atoms in total. The number of nitrogens with zero attached hydrogens (tertiary/aromatic N) is 6. The fourth-order valence-electron chi connectivity index (χ4n) is 4.60. The minimum Gasteiger partial charge on any atom is -0.368 e. The van der Waals surface area contributed by atoms with Gasteiger partial charge in [0.25, 0.3) is 0 Å². The van der Waals surface area contributed by atoms with Crippen molar-refractivity contribution in [1.82, 2.24) is 29.5 Å². The predicted octanol–water partition coefficient (Wildman–Crippen LogP) is 2.64. The average Bonchev–Trinajstić information content (AvgIpc) is 3.13. The summed E-state index contributed by atoms with van der Waals surface area (Å²) in [5.74, 6) is -0.0236. The second kappa shape index (κ2) is 7.77. The van der Waals surface area contributed by atoms with Gasteiger partial charge in [0.1, 0.15) is 11.5 Å². The lowest BCUT2D eigenvalue weighted by molar-refractivity contribution is 0.0943. The van der Waals surface area contributed by atoms with Gasteiger partial charge in [0.15, 0.2) is 0 Å². The van der Waals surface area contributed by atoms with E-state index < -0.39 is 0 Å². The number of anilines is 1. The summed E-state index contributed by atoms with van der Waals surface area (Å²) in [4.78, 5) is 13.5. The van der Waals surface area contributed by atoms with Gasteiger partial charge >= 0.3 is 0 Å². The Kier molecular flexibility index (Phi) is 4.96. The van der Waals surface area contributed by atoms with E-state index >= 15 is 0 Å². The van der Waals surface area contributed by atoms with E-state index in [9.17, 15) is 4.39 Å². The Hall–Kier alpha value is -2.84. The lowest BCUT2D eigenvalue weighted by Crippen LogP contribution is -2.46. The smallest absolute Gasteiger partial charge is 0.220 e. The Morgan fingerprint density at radius 2 is 1.80 bits per heavy atom. The van der Waals surface area contributed by atoms with Crippen molar-refractivity contribution in [1.29, 1.82) is 0 Å². The van der Waals surface area contributed by atoms with Gasteiger partial charge in [0.05, 0.1) is 23.5 Å². The van der Waals surface area contributed by atoms with Gasteiger partial charge < -0.3 is 10.6 Å². The van der Waals surface area contributed by atoms with E-state index in [-0.39, 0.29) is 11.8 Å². The molecule has 156 valence electrons. The van der Waals surface area contributed by atoms with E-state index in [2.05, 4.69) is 31.5 Å². The number of hydrogen-bond acceptors (Lipinski definition) is 6. The highest BCUT2D eigenvalue weighted by Gasteiger charge is 2.31. The van der Waals surface area contributed by atoms with Crippen LogP contribution in [-0.2, 0) is 13.1 Å². The molecule has 2 N–H and O–H groups in total. The molecular weight excluding hydrogens is 381 g/mol. The average molecular weight is 407 g/mol. The molecule has 0 atom stereocenters. The van der Waals surface area contributed by atoms with Gasteiger partial charge in [-0.25, -0.2) is 14.4 Å². The molecule has 1 fully saturated rings. The molecule has 4 heterocycles. The molecule has 0 bridgehead atoms. The Bertz CT molecular complexity index is 1040. The summed E-state index contributed by atoms with van der Waals surface area (Å²) < 4.78 is 15.6. The van der Waals surface area contributed by atoms with Crippen molar-refractivity contribution in [2.75, 3.05) is 32.4 Å². The van der Waals surface area contributed by atoms with Crippen LogP contribution < -0.4 is 5.73 Å². The van der Waals surface area contributed by atoms with Crippen LogP contribution in [0.4, 0.5) is 10.3 Å². The number of rotatable bonds is 3. The van der Waals surface area contributed by atoms with Crippen molar-refractivity contribution >= 4 is 5.95 Å². The molecule has 5 rings (SSSR count). The lowest BCUT2D eigenvalue weighted by Gasteiger charge is -2.39. The minimum atomic E-state index is -0.260. The van der Waals surface area contributed by atoms with E-state index in [1.807, 2.05) is 6.07 Å². The van der Waals surface area contributed by atoms with Crippen molar-refractivity contribution in [2.45, 2.75) is 32.0 Å². The SMILES string of the molecule is CN1CCC(N2CCn3nc(-c4ccc(F)cc4)c(-c4ccnc(N)n4)c3C2)CC1. The van der Waals surface area contributed by atoms with Crippen LogP contribution in [0.25, 0.3) is 22.5 Å². The molecule has 0 amide bonds. The standard InChI is InChI=1S/C22H26FN7/c1-28-10-7-17(8-11-28)29-12-13-30-19(14-29)20(18-6-9-25-22(24)26-18)21(27-30)15-2-4-16(23)5-3-15/h2-6,9,17H,7-8,10-14H2,1H3,(H2,24,25,26). The van der Waals surface area contributed by atoms with Gasteiger partial charge in [0.2, 0.25) is 5.95 Å². The molecule has 2 aliphatic heterocycles. The van der Waals surface area contributed by atoms with E-state index in [0.29, 0.717) is 6.04 Å². The van der Waals surface area contributed by atoms with Gasteiger partial charge in [0, 0.05) is 30.9 Å². The monoisotopic (exact) mass is 407 g/mol. The van der Waals surface area contributed by atoms with Crippen LogP contribution in [0.15, 0.2) is 36.5 Å². The third-order valence-electron chi connectivity index (χ3n) is 6.26. The fraction of sp³-hybridized carbons (Fsp3) is 0.409. The maximum atomic E-state index is 13.5. The summed E-state index contributed by atoms with van der Waals surface area (Å²) in [7, 11) is 2.19. The van der Waals surface area contributed by atoms with Crippen molar-refractivity contribution in [3.05, 3.63) is 48.0 Å². The number of halogens is 1. The molecule has 0 aliphatic carbocycles. The summed E-state index contributed by atoms with van der Waals surface area (Å²) in [6.45, 7) is 4.91. The van der Waals surface area contributed by atoms with Crippen LogP contribution in [0.5, 0.6) is 0 Å². The Labute approximate surface area is 175 Å². The van der Waals surface area contributed by atoms with Crippen molar-refractivity contribution in [3.8, 4) is 22.5 Å². The zero-order valence-corrected chi connectivity index (χ0v) is 17.1. The largest absolute Gasteiger partial charge is 0.368 e. The minimum absolute atomic E-state index is 0.237. The predicted molar refractivity (Wildman–Crippen MR) is 114 cm³/mol. The number of fused-ring (bicyclic) bond motifs is 1. The first-order valence-electron chi connectivity index (χ1n) is 10.5. The number of nitrogen functional groups attached to an aromatic ring is 1. The second-order valence-corrected chi connectivity index (χ2v) is 8.21. The molecule has 0 radical (unpaired) electrons. The first-order valence-corrected chi connectivity index (χ1v) is 10.5. The van der Waals surface area contributed by atoms with E-state index in [4.69, 9.17) is 10.8 Å². The number of hydrogen-bond donors (Lipinski definition) is 1. The van der Waals surface area contributed by atoms with Crippen LogP contribution in [0.2, 0.25) is 0 Å².